The van der Waals surface area contributed by atoms with Crippen LogP contribution in [0.25, 0.3) is 22.8 Å². The van der Waals surface area contributed by atoms with E-state index in [1.54, 1.807) is 23.0 Å². The minimum atomic E-state index is -0.264. The summed E-state index contributed by atoms with van der Waals surface area (Å²) >= 11 is 6.37. The predicted octanol–water partition coefficient (Wildman–Crippen LogP) is 6.07. The minimum Gasteiger partial charge on any atom is -0.321 e. The molecular formula is C25H23ClN4O. The van der Waals surface area contributed by atoms with Crippen molar-refractivity contribution in [3.05, 3.63) is 89.0 Å². The molecular weight excluding hydrogens is 408 g/mol. The van der Waals surface area contributed by atoms with E-state index in [0.29, 0.717) is 21.7 Å². The van der Waals surface area contributed by atoms with Crippen LogP contribution in [0.15, 0.2) is 72.8 Å². The van der Waals surface area contributed by atoms with Crippen LogP contribution in [0.1, 0.15) is 30.9 Å². The van der Waals surface area contributed by atoms with Gasteiger partial charge in [-0.05, 0) is 54.3 Å². The molecule has 1 amide bonds. The molecule has 0 bridgehead atoms. The molecule has 156 valence electrons. The highest BCUT2D eigenvalue weighted by molar-refractivity contribution is 6.34. The second-order valence-corrected chi connectivity index (χ2v) is 7.72. The summed E-state index contributed by atoms with van der Waals surface area (Å²) in [5.74, 6) is -0.264. The highest BCUT2D eigenvalue weighted by atomic mass is 35.5. The second kappa shape index (κ2) is 9.58. The zero-order chi connectivity index (χ0) is 21.6. The van der Waals surface area contributed by atoms with Gasteiger partial charge >= 0.3 is 0 Å². The maximum absolute atomic E-state index is 12.3. The van der Waals surface area contributed by atoms with E-state index in [4.69, 9.17) is 11.6 Å². The Bertz CT molecular complexity index is 1210. The van der Waals surface area contributed by atoms with Crippen LogP contribution in [0.2, 0.25) is 5.02 Å². The molecule has 0 radical (unpaired) electrons. The Kier molecular flexibility index (Phi) is 6.43. The molecule has 3 aromatic carbocycles. The first-order valence-electron chi connectivity index (χ1n) is 10.3. The third kappa shape index (κ3) is 5.19. The topological polar surface area (TPSA) is 59.8 Å². The number of fused-ring (bicyclic) bond motifs is 1. The molecule has 4 rings (SSSR count). The second-order valence-electron chi connectivity index (χ2n) is 7.31. The van der Waals surface area contributed by atoms with Gasteiger partial charge in [0, 0.05) is 6.08 Å². The Morgan fingerprint density at radius 2 is 1.74 bits per heavy atom. The van der Waals surface area contributed by atoms with Crippen molar-refractivity contribution in [2.24, 2.45) is 0 Å². The van der Waals surface area contributed by atoms with E-state index in [9.17, 15) is 4.79 Å². The van der Waals surface area contributed by atoms with Gasteiger partial charge in [-0.25, -0.2) is 0 Å². The molecule has 0 atom stereocenters. The van der Waals surface area contributed by atoms with Crippen molar-refractivity contribution in [2.45, 2.75) is 26.2 Å². The van der Waals surface area contributed by atoms with Gasteiger partial charge in [-0.15, -0.1) is 10.2 Å². The minimum absolute atomic E-state index is 0.264. The van der Waals surface area contributed by atoms with Gasteiger partial charge in [0.2, 0.25) is 5.91 Å². The lowest BCUT2D eigenvalue weighted by Gasteiger charge is -2.04. The number of nitrogens with one attached hydrogen (secondary N) is 1. The Morgan fingerprint density at radius 3 is 2.45 bits per heavy atom. The molecule has 0 spiro atoms. The fourth-order valence-electron chi connectivity index (χ4n) is 3.24. The molecule has 6 heteroatoms. The number of aryl methyl sites for hydroxylation is 1. The third-order valence-electron chi connectivity index (χ3n) is 4.94. The first kappa shape index (κ1) is 20.8. The molecule has 0 saturated heterocycles. The number of amides is 1. The molecule has 31 heavy (non-hydrogen) atoms. The highest BCUT2D eigenvalue weighted by Crippen LogP contribution is 2.27. The van der Waals surface area contributed by atoms with E-state index < -0.39 is 0 Å². The van der Waals surface area contributed by atoms with Gasteiger partial charge in [-0.1, -0.05) is 67.4 Å². The fraction of sp³-hybridized carbons (Fsp3) is 0.160. The first-order valence-corrected chi connectivity index (χ1v) is 10.7. The molecule has 1 heterocycles. The molecule has 0 saturated carbocycles. The summed E-state index contributed by atoms with van der Waals surface area (Å²) in [5.41, 5.74) is 4.95. The lowest BCUT2D eigenvalue weighted by atomic mass is 10.1. The number of hydrogen-bond acceptors (Lipinski definition) is 3. The largest absolute Gasteiger partial charge is 0.321 e. The van der Waals surface area contributed by atoms with Gasteiger partial charge < -0.3 is 5.32 Å². The van der Waals surface area contributed by atoms with Crippen LogP contribution < -0.4 is 5.32 Å². The van der Waals surface area contributed by atoms with Crippen LogP contribution >= 0.6 is 11.6 Å². The van der Waals surface area contributed by atoms with Crippen molar-refractivity contribution in [3.8, 4) is 5.69 Å². The van der Waals surface area contributed by atoms with Crippen LogP contribution in [0.3, 0.4) is 0 Å². The van der Waals surface area contributed by atoms with E-state index >= 15 is 0 Å². The number of halogens is 1. The Labute approximate surface area is 186 Å². The maximum Gasteiger partial charge on any atom is 0.248 e. The lowest BCUT2D eigenvalue weighted by molar-refractivity contribution is -0.111. The van der Waals surface area contributed by atoms with Crippen LogP contribution in [0, 0.1) is 0 Å². The molecule has 0 unspecified atom stereocenters. The summed E-state index contributed by atoms with van der Waals surface area (Å²) in [6.45, 7) is 2.19. The first-order chi connectivity index (χ1) is 15.1. The molecule has 0 aliphatic rings. The Morgan fingerprint density at radius 1 is 1.03 bits per heavy atom. The van der Waals surface area contributed by atoms with Gasteiger partial charge in [-0.2, -0.15) is 4.80 Å². The average Bonchev–Trinajstić information content (AvgIpc) is 3.20. The number of nitrogens with zero attached hydrogens (tertiary/aromatic N) is 3. The SMILES string of the molecule is CCCCc1ccc(-n2nc3cc(Cl)c(NC(=O)/C=C/c4ccccc4)cc3n2)cc1. The van der Waals surface area contributed by atoms with Crippen LogP contribution in [0.4, 0.5) is 5.69 Å². The number of rotatable bonds is 7. The van der Waals surface area contributed by atoms with E-state index in [-0.39, 0.29) is 5.91 Å². The zero-order valence-electron chi connectivity index (χ0n) is 17.3. The number of unbranched alkanes of at least 4 members (excludes halogenated alkanes) is 1. The van der Waals surface area contributed by atoms with Gasteiger partial charge in [-0.3, -0.25) is 4.79 Å². The number of anilines is 1. The van der Waals surface area contributed by atoms with Crippen molar-refractivity contribution in [1.29, 1.82) is 0 Å². The zero-order valence-corrected chi connectivity index (χ0v) is 18.0. The van der Waals surface area contributed by atoms with Crippen LogP contribution in [-0.4, -0.2) is 20.9 Å². The van der Waals surface area contributed by atoms with Crippen molar-refractivity contribution < 1.29 is 4.79 Å². The van der Waals surface area contributed by atoms with E-state index in [1.165, 1.54) is 24.5 Å². The number of benzene rings is 3. The molecule has 4 aromatic rings. The number of carbonyl (C=O) groups excluding carboxylic acids is 1. The van der Waals surface area contributed by atoms with E-state index in [2.05, 4.69) is 34.6 Å². The molecule has 1 aromatic heterocycles. The van der Waals surface area contributed by atoms with Crippen molar-refractivity contribution in [2.75, 3.05) is 5.32 Å². The number of carbonyl (C=O) groups is 1. The number of hydrogen-bond donors (Lipinski definition) is 1. The Balaban J connectivity index is 1.52. The van der Waals surface area contributed by atoms with E-state index in [0.717, 1.165) is 17.7 Å². The number of aromatic nitrogens is 3. The van der Waals surface area contributed by atoms with Crippen LogP contribution in [-0.2, 0) is 11.2 Å². The maximum atomic E-state index is 12.3. The highest BCUT2D eigenvalue weighted by Gasteiger charge is 2.11. The molecule has 0 aliphatic heterocycles. The van der Waals surface area contributed by atoms with Crippen molar-refractivity contribution in [3.63, 3.8) is 0 Å². The summed E-state index contributed by atoms with van der Waals surface area (Å²) in [7, 11) is 0. The summed E-state index contributed by atoms with van der Waals surface area (Å²) in [5, 5.41) is 12.3. The monoisotopic (exact) mass is 430 g/mol. The van der Waals surface area contributed by atoms with Crippen molar-refractivity contribution >= 4 is 40.3 Å². The van der Waals surface area contributed by atoms with Crippen molar-refractivity contribution in [1.82, 2.24) is 15.0 Å². The summed E-state index contributed by atoms with van der Waals surface area (Å²) in [6.07, 6.45) is 6.66. The summed E-state index contributed by atoms with van der Waals surface area (Å²) in [6, 6.07) is 21.3. The van der Waals surface area contributed by atoms with Gasteiger partial charge in [0.25, 0.3) is 0 Å². The van der Waals surface area contributed by atoms with Crippen LogP contribution in [0.5, 0.6) is 0 Å². The summed E-state index contributed by atoms with van der Waals surface area (Å²) < 4.78 is 0. The normalized spacial score (nSPS) is 11.3. The van der Waals surface area contributed by atoms with E-state index in [1.807, 2.05) is 42.5 Å². The third-order valence-corrected chi connectivity index (χ3v) is 5.25. The molecule has 0 fully saturated rings. The molecule has 5 nitrogen and oxygen atoms in total. The average molecular weight is 431 g/mol. The van der Waals surface area contributed by atoms with Gasteiger partial charge in [0.15, 0.2) is 0 Å². The molecule has 0 aliphatic carbocycles. The quantitative estimate of drug-likeness (QED) is 0.362. The van der Waals surface area contributed by atoms with Gasteiger partial charge in [0.05, 0.1) is 16.4 Å². The fourth-order valence-corrected chi connectivity index (χ4v) is 3.44. The smallest absolute Gasteiger partial charge is 0.248 e. The Hall–Kier alpha value is -3.44. The van der Waals surface area contributed by atoms with Gasteiger partial charge in [0.1, 0.15) is 11.0 Å². The predicted molar refractivity (Wildman–Crippen MR) is 127 cm³/mol. The summed E-state index contributed by atoms with van der Waals surface area (Å²) in [4.78, 5) is 13.9. The molecule has 1 N–H and O–H groups in total. The standard InChI is InChI=1S/C25H23ClN4O/c1-2-3-7-19-10-13-20(14-11-19)30-28-23-16-21(26)22(17-24(23)29-30)27-25(31)15-12-18-8-5-4-6-9-18/h4-6,8-17H,2-3,7H2,1H3,(H,27,31)/b15-12+. The lowest BCUT2D eigenvalue weighted by Crippen LogP contribution is -2.08.